The average molecular weight is 293 g/mol. The smallest absolute Gasteiger partial charge is 0.0724 e. The van der Waals surface area contributed by atoms with Gasteiger partial charge in [-0.25, -0.2) is 5.43 Å². The van der Waals surface area contributed by atoms with Crippen LogP contribution in [-0.2, 0) is 0 Å². The normalized spacial score (nSPS) is 12.4. The molecule has 1 unspecified atom stereocenters. The van der Waals surface area contributed by atoms with Crippen molar-refractivity contribution in [3.63, 3.8) is 0 Å². The summed E-state index contributed by atoms with van der Waals surface area (Å²) in [5, 5.41) is 0.720. The van der Waals surface area contributed by atoms with Crippen LogP contribution in [0.1, 0.15) is 24.1 Å². The van der Waals surface area contributed by atoms with Gasteiger partial charge in [-0.3, -0.25) is 5.84 Å². The number of nitrogens with two attached hydrogens (primary N) is 1. The van der Waals surface area contributed by atoms with Gasteiger partial charge in [0.05, 0.1) is 6.04 Å². The van der Waals surface area contributed by atoms with E-state index < -0.39 is 0 Å². The number of halogens is 1. The summed E-state index contributed by atoms with van der Waals surface area (Å²) < 4.78 is 0. The molecule has 2 nitrogen and oxygen atoms in total. The molecule has 0 spiro atoms. The molecule has 0 saturated carbocycles. The van der Waals surface area contributed by atoms with Gasteiger partial charge in [0.2, 0.25) is 0 Å². The van der Waals surface area contributed by atoms with Gasteiger partial charge in [-0.05, 0) is 35.1 Å². The summed E-state index contributed by atoms with van der Waals surface area (Å²) in [7, 11) is 0. The molecule has 3 N–H and O–H groups in total. The Kier molecular flexibility index (Phi) is 5.28. The second-order valence-electron chi connectivity index (χ2n) is 4.12. The van der Waals surface area contributed by atoms with E-state index in [0.29, 0.717) is 0 Å². The second-order valence-corrected chi connectivity index (χ2v) is 5.87. The average Bonchev–Trinajstić information content (AvgIpc) is 2.44. The lowest BCUT2D eigenvalue weighted by Crippen LogP contribution is -2.29. The van der Waals surface area contributed by atoms with Gasteiger partial charge in [0, 0.05) is 9.92 Å². The van der Waals surface area contributed by atoms with E-state index in [0.717, 1.165) is 21.9 Å². The van der Waals surface area contributed by atoms with Crippen LogP contribution in [-0.4, -0.2) is 5.75 Å². The largest absolute Gasteiger partial charge is 0.271 e. The number of nitrogens with one attached hydrogen (secondary N) is 1. The van der Waals surface area contributed by atoms with E-state index in [1.165, 1.54) is 4.90 Å². The van der Waals surface area contributed by atoms with Crippen LogP contribution in [0.2, 0.25) is 5.02 Å². The van der Waals surface area contributed by atoms with Crippen molar-refractivity contribution in [3.8, 4) is 0 Å². The van der Waals surface area contributed by atoms with Gasteiger partial charge in [-0.1, -0.05) is 48.9 Å². The summed E-state index contributed by atoms with van der Waals surface area (Å²) >= 11 is 8.05. The Bertz CT molecular complexity index is 528. The fourth-order valence-electron chi connectivity index (χ4n) is 2.00. The summed E-state index contributed by atoms with van der Waals surface area (Å²) in [4.78, 5) is 1.26. The third-order valence-corrected chi connectivity index (χ3v) is 4.15. The predicted molar refractivity (Wildman–Crippen MR) is 83.5 cm³/mol. The molecule has 0 aliphatic heterocycles. The molecule has 100 valence electrons. The molecule has 0 bridgehead atoms. The summed E-state index contributed by atoms with van der Waals surface area (Å²) in [6, 6.07) is 16.1. The first-order chi connectivity index (χ1) is 9.26. The van der Waals surface area contributed by atoms with E-state index in [-0.39, 0.29) is 6.04 Å². The first-order valence-corrected chi connectivity index (χ1v) is 7.56. The minimum absolute atomic E-state index is 0.0885. The molecular weight excluding hydrogens is 276 g/mol. The van der Waals surface area contributed by atoms with Crippen LogP contribution in [0.25, 0.3) is 0 Å². The topological polar surface area (TPSA) is 38.0 Å². The maximum Gasteiger partial charge on any atom is 0.0724 e. The lowest BCUT2D eigenvalue weighted by molar-refractivity contribution is 0.636. The molecule has 0 aliphatic carbocycles. The Balaban J connectivity index is 2.29. The number of hydrogen-bond acceptors (Lipinski definition) is 3. The van der Waals surface area contributed by atoms with Crippen molar-refractivity contribution in [1.82, 2.24) is 5.43 Å². The third kappa shape index (κ3) is 3.51. The van der Waals surface area contributed by atoms with Gasteiger partial charge in [-0.2, -0.15) is 0 Å². The number of rotatable bonds is 5. The highest BCUT2D eigenvalue weighted by atomic mass is 35.5. The fraction of sp³-hybridized carbons (Fsp3) is 0.200. The predicted octanol–water partition coefficient (Wildman–Crippen LogP) is 4.00. The molecule has 0 aromatic heterocycles. The number of benzene rings is 2. The SMILES string of the molecule is CCSc1ccc(C(NN)c2ccccc2Cl)cc1. The summed E-state index contributed by atoms with van der Waals surface area (Å²) in [6.07, 6.45) is 0. The van der Waals surface area contributed by atoms with Gasteiger partial charge >= 0.3 is 0 Å². The summed E-state index contributed by atoms with van der Waals surface area (Å²) in [5.41, 5.74) is 4.93. The van der Waals surface area contributed by atoms with Crippen LogP contribution >= 0.6 is 23.4 Å². The van der Waals surface area contributed by atoms with E-state index in [9.17, 15) is 0 Å². The minimum atomic E-state index is -0.0885. The molecule has 1 atom stereocenters. The Labute approximate surface area is 123 Å². The fourth-order valence-corrected chi connectivity index (χ4v) is 2.90. The number of hydrogen-bond donors (Lipinski definition) is 2. The molecule has 0 aliphatic rings. The zero-order chi connectivity index (χ0) is 13.7. The summed E-state index contributed by atoms with van der Waals surface area (Å²) in [5.74, 6) is 6.76. The molecule has 0 fully saturated rings. The molecule has 2 rings (SSSR count). The van der Waals surface area contributed by atoms with Crippen molar-refractivity contribution in [3.05, 3.63) is 64.7 Å². The lowest BCUT2D eigenvalue weighted by atomic mass is 9.99. The standard InChI is InChI=1S/C15H17ClN2S/c1-2-19-12-9-7-11(8-10-12)15(18-17)13-5-3-4-6-14(13)16/h3-10,15,18H,2,17H2,1H3. The van der Waals surface area contributed by atoms with E-state index >= 15 is 0 Å². The maximum absolute atomic E-state index is 6.23. The van der Waals surface area contributed by atoms with Crippen molar-refractivity contribution in [2.24, 2.45) is 5.84 Å². The minimum Gasteiger partial charge on any atom is -0.271 e. The lowest BCUT2D eigenvalue weighted by Gasteiger charge is -2.18. The van der Waals surface area contributed by atoms with E-state index in [1.807, 2.05) is 36.0 Å². The van der Waals surface area contributed by atoms with Gasteiger partial charge in [0.1, 0.15) is 0 Å². The van der Waals surface area contributed by atoms with E-state index in [2.05, 4.69) is 36.6 Å². The molecule has 0 saturated heterocycles. The zero-order valence-corrected chi connectivity index (χ0v) is 12.3. The molecule has 2 aromatic carbocycles. The Morgan fingerprint density at radius 2 is 1.84 bits per heavy atom. The van der Waals surface area contributed by atoms with E-state index in [4.69, 9.17) is 17.4 Å². The van der Waals surface area contributed by atoms with Crippen molar-refractivity contribution in [2.75, 3.05) is 5.75 Å². The molecular formula is C15H17ClN2S. The zero-order valence-electron chi connectivity index (χ0n) is 10.8. The van der Waals surface area contributed by atoms with Crippen LogP contribution in [0, 0.1) is 0 Å². The Hall–Kier alpha value is -1.00. The van der Waals surface area contributed by atoms with Gasteiger partial charge in [0.25, 0.3) is 0 Å². The Morgan fingerprint density at radius 1 is 1.16 bits per heavy atom. The van der Waals surface area contributed by atoms with Crippen LogP contribution in [0.4, 0.5) is 0 Å². The Morgan fingerprint density at radius 3 is 2.42 bits per heavy atom. The quantitative estimate of drug-likeness (QED) is 0.497. The van der Waals surface area contributed by atoms with Crippen molar-refractivity contribution in [2.45, 2.75) is 17.9 Å². The van der Waals surface area contributed by atoms with E-state index in [1.54, 1.807) is 0 Å². The second kappa shape index (κ2) is 6.96. The van der Waals surface area contributed by atoms with Gasteiger partial charge in [-0.15, -0.1) is 11.8 Å². The van der Waals surface area contributed by atoms with Gasteiger partial charge < -0.3 is 0 Å². The van der Waals surface area contributed by atoms with Crippen molar-refractivity contribution >= 4 is 23.4 Å². The van der Waals surface area contributed by atoms with Gasteiger partial charge in [0.15, 0.2) is 0 Å². The first-order valence-electron chi connectivity index (χ1n) is 6.19. The van der Waals surface area contributed by atoms with Crippen LogP contribution in [0.15, 0.2) is 53.4 Å². The number of hydrazine groups is 1. The highest BCUT2D eigenvalue weighted by Gasteiger charge is 2.14. The third-order valence-electron chi connectivity index (χ3n) is 2.91. The molecule has 2 aromatic rings. The van der Waals surface area contributed by atoms with Crippen LogP contribution in [0.5, 0.6) is 0 Å². The first kappa shape index (κ1) is 14.4. The van der Waals surface area contributed by atoms with Crippen LogP contribution in [0.3, 0.4) is 0 Å². The number of thioether (sulfide) groups is 1. The van der Waals surface area contributed by atoms with Crippen molar-refractivity contribution in [1.29, 1.82) is 0 Å². The molecule has 0 radical (unpaired) electrons. The van der Waals surface area contributed by atoms with Crippen LogP contribution < -0.4 is 11.3 Å². The maximum atomic E-state index is 6.23. The monoisotopic (exact) mass is 292 g/mol. The summed E-state index contributed by atoms with van der Waals surface area (Å²) in [6.45, 7) is 2.15. The highest BCUT2D eigenvalue weighted by molar-refractivity contribution is 7.99. The molecule has 4 heteroatoms. The highest BCUT2D eigenvalue weighted by Crippen LogP contribution is 2.29. The molecule has 19 heavy (non-hydrogen) atoms. The molecule has 0 heterocycles. The van der Waals surface area contributed by atoms with Crippen molar-refractivity contribution < 1.29 is 0 Å². The molecule has 0 amide bonds.